The zero-order valence-electron chi connectivity index (χ0n) is 12.5. The summed E-state index contributed by atoms with van der Waals surface area (Å²) in [6, 6.07) is 18.2. The summed E-state index contributed by atoms with van der Waals surface area (Å²) in [4.78, 5) is 13.5. The van der Waals surface area contributed by atoms with E-state index in [0.29, 0.717) is 0 Å². The minimum atomic E-state index is -0.0277. The molecule has 2 aromatic carbocycles. The van der Waals surface area contributed by atoms with Crippen LogP contribution in [0.25, 0.3) is 0 Å². The van der Waals surface area contributed by atoms with Gasteiger partial charge in [-0.2, -0.15) is 0 Å². The van der Waals surface area contributed by atoms with Crippen molar-refractivity contribution in [1.82, 2.24) is 0 Å². The van der Waals surface area contributed by atoms with Crippen molar-refractivity contribution in [3.8, 4) is 0 Å². The fourth-order valence-electron chi connectivity index (χ4n) is 2.02. The van der Waals surface area contributed by atoms with E-state index < -0.39 is 0 Å². The molecule has 3 heteroatoms. The van der Waals surface area contributed by atoms with E-state index in [-0.39, 0.29) is 11.8 Å². The van der Waals surface area contributed by atoms with Crippen molar-refractivity contribution in [3.63, 3.8) is 0 Å². The molecule has 2 aromatic rings. The lowest BCUT2D eigenvalue weighted by molar-refractivity contribution is -0.118. The number of hydrogen-bond acceptors (Lipinski definition) is 2. The third-order valence-electron chi connectivity index (χ3n) is 3.35. The molecule has 1 atom stereocenters. The highest BCUT2D eigenvalue weighted by molar-refractivity contribution is 7.99. The van der Waals surface area contributed by atoms with E-state index in [2.05, 4.69) is 30.4 Å². The molecular formula is C18H21NOS. The molecule has 0 fully saturated rings. The summed E-state index contributed by atoms with van der Waals surface area (Å²) in [7, 11) is 0. The number of carbonyl (C=O) groups excluding carboxylic acids is 1. The first-order valence-electron chi connectivity index (χ1n) is 7.27. The summed E-state index contributed by atoms with van der Waals surface area (Å²) in [6.07, 6.45) is 0.920. The molecule has 0 aromatic heterocycles. The Morgan fingerprint density at radius 3 is 2.48 bits per heavy atom. The second-order valence-electron chi connectivity index (χ2n) is 5.03. The molecule has 21 heavy (non-hydrogen) atoms. The monoisotopic (exact) mass is 299 g/mol. The molecule has 2 nitrogen and oxygen atoms in total. The van der Waals surface area contributed by atoms with Crippen molar-refractivity contribution in [1.29, 1.82) is 0 Å². The average molecular weight is 299 g/mol. The van der Waals surface area contributed by atoms with E-state index in [9.17, 15) is 4.79 Å². The predicted molar refractivity (Wildman–Crippen MR) is 90.8 cm³/mol. The average Bonchev–Trinajstić information content (AvgIpc) is 2.54. The van der Waals surface area contributed by atoms with E-state index in [1.165, 1.54) is 10.5 Å². The predicted octanol–water partition coefficient (Wildman–Crippen LogP) is 4.62. The van der Waals surface area contributed by atoms with E-state index in [0.717, 1.165) is 17.9 Å². The van der Waals surface area contributed by atoms with Gasteiger partial charge >= 0.3 is 0 Å². The Balaban J connectivity index is 1.90. The van der Waals surface area contributed by atoms with Crippen LogP contribution in [0.3, 0.4) is 0 Å². The largest absolute Gasteiger partial charge is 0.326 e. The van der Waals surface area contributed by atoms with E-state index in [1.807, 2.05) is 43.3 Å². The lowest BCUT2D eigenvalue weighted by atomic mass is 10.1. The fraction of sp³-hybridized carbons (Fsp3) is 0.278. The molecule has 0 heterocycles. The van der Waals surface area contributed by atoms with Gasteiger partial charge in [0, 0.05) is 22.3 Å². The van der Waals surface area contributed by atoms with Gasteiger partial charge in [-0.3, -0.25) is 4.79 Å². The number of anilines is 1. The molecule has 1 N–H and O–H groups in total. The van der Waals surface area contributed by atoms with E-state index >= 15 is 0 Å². The summed E-state index contributed by atoms with van der Waals surface area (Å²) in [5, 5.41) is 3.05. The van der Waals surface area contributed by atoms with Gasteiger partial charge in [0.15, 0.2) is 0 Å². The maximum absolute atomic E-state index is 12.3. The number of thioether (sulfide) groups is 1. The topological polar surface area (TPSA) is 29.1 Å². The van der Waals surface area contributed by atoms with Crippen molar-refractivity contribution >= 4 is 23.4 Å². The smallest absolute Gasteiger partial charge is 0.228 e. The Morgan fingerprint density at radius 1 is 1.10 bits per heavy atom. The highest BCUT2D eigenvalue weighted by Gasteiger charge is 2.14. The Hall–Kier alpha value is -1.74. The molecule has 0 aliphatic heterocycles. The summed E-state index contributed by atoms with van der Waals surface area (Å²) in [5.74, 6) is 0.837. The molecule has 0 radical (unpaired) electrons. The van der Waals surface area contributed by atoms with Crippen molar-refractivity contribution in [2.75, 3.05) is 11.1 Å². The first kappa shape index (κ1) is 15.6. The Bertz CT molecular complexity index is 583. The van der Waals surface area contributed by atoms with Crippen LogP contribution in [0.5, 0.6) is 0 Å². The molecule has 1 unspecified atom stereocenters. The first-order valence-corrected chi connectivity index (χ1v) is 8.26. The van der Waals surface area contributed by atoms with Crippen LogP contribution in [0.4, 0.5) is 5.69 Å². The number of rotatable bonds is 6. The molecule has 1 amide bonds. The van der Waals surface area contributed by atoms with Crippen molar-refractivity contribution in [2.24, 2.45) is 5.92 Å². The maximum Gasteiger partial charge on any atom is 0.228 e. The Kier molecular flexibility index (Phi) is 5.88. The van der Waals surface area contributed by atoms with E-state index in [4.69, 9.17) is 0 Å². The molecule has 0 bridgehead atoms. The van der Waals surface area contributed by atoms with Crippen molar-refractivity contribution in [2.45, 2.75) is 25.2 Å². The number of aryl methyl sites for hydroxylation is 1. The van der Waals surface area contributed by atoms with Crippen molar-refractivity contribution in [3.05, 3.63) is 60.2 Å². The quantitative estimate of drug-likeness (QED) is 0.789. The second-order valence-corrected chi connectivity index (χ2v) is 6.12. The summed E-state index contributed by atoms with van der Waals surface area (Å²) < 4.78 is 0. The number of nitrogens with one attached hydrogen (secondary N) is 1. The van der Waals surface area contributed by atoms with Crippen LogP contribution < -0.4 is 5.32 Å². The van der Waals surface area contributed by atoms with Gasteiger partial charge in [0.25, 0.3) is 0 Å². The van der Waals surface area contributed by atoms with Gasteiger partial charge in [0.05, 0.1) is 0 Å². The molecule has 2 rings (SSSR count). The molecule has 0 saturated heterocycles. The number of amides is 1. The highest BCUT2D eigenvalue weighted by Crippen LogP contribution is 2.22. The lowest BCUT2D eigenvalue weighted by Gasteiger charge is -2.14. The Labute approximate surface area is 131 Å². The van der Waals surface area contributed by atoms with Crippen LogP contribution in [0.2, 0.25) is 0 Å². The first-order chi connectivity index (χ1) is 10.2. The van der Waals surface area contributed by atoms with Crippen LogP contribution in [-0.4, -0.2) is 11.7 Å². The lowest BCUT2D eigenvalue weighted by Crippen LogP contribution is -2.22. The van der Waals surface area contributed by atoms with Gasteiger partial charge < -0.3 is 5.32 Å². The number of benzene rings is 2. The summed E-state index contributed by atoms with van der Waals surface area (Å²) >= 11 is 1.72. The highest BCUT2D eigenvalue weighted by atomic mass is 32.2. The fourth-order valence-corrected chi connectivity index (χ4v) is 2.96. The summed E-state index contributed by atoms with van der Waals surface area (Å²) in [6.45, 7) is 4.07. The minimum Gasteiger partial charge on any atom is -0.326 e. The molecular weight excluding hydrogens is 278 g/mol. The van der Waals surface area contributed by atoms with Crippen molar-refractivity contribution < 1.29 is 4.79 Å². The van der Waals surface area contributed by atoms with Gasteiger partial charge in [0.2, 0.25) is 5.91 Å². The summed E-state index contributed by atoms with van der Waals surface area (Å²) in [5.41, 5.74) is 2.11. The van der Waals surface area contributed by atoms with Gasteiger partial charge in [-0.1, -0.05) is 50.2 Å². The zero-order valence-corrected chi connectivity index (χ0v) is 13.3. The van der Waals surface area contributed by atoms with Gasteiger partial charge in [-0.15, -0.1) is 11.8 Å². The third kappa shape index (κ3) is 4.64. The van der Waals surface area contributed by atoms with E-state index in [1.54, 1.807) is 11.8 Å². The van der Waals surface area contributed by atoms with Crippen LogP contribution in [0, 0.1) is 5.92 Å². The second kappa shape index (κ2) is 7.89. The standard InChI is InChI=1S/C18H21NOS/c1-3-15-9-7-8-12-17(15)19-18(20)14(2)13-21-16-10-5-4-6-11-16/h4-12,14H,3,13H2,1-2H3,(H,19,20). The third-order valence-corrected chi connectivity index (χ3v) is 4.62. The van der Waals surface area contributed by atoms with Gasteiger partial charge in [0.1, 0.15) is 0 Å². The zero-order chi connectivity index (χ0) is 15.1. The molecule has 0 aliphatic rings. The van der Waals surface area contributed by atoms with Crippen LogP contribution in [0.15, 0.2) is 59.5 Å². The van der Waals surface area contributed by atoms with Crippen LogP contribution >= 0.6 is 11.8 Å². The minimum absolute atomic E-state index is 0.0277. The molecule has 0 aliphatic carbocycles. The van der Waals surface area contributed by atoms with Crippen LogP contribution in [-0.2, 0) is 11.2 Å². The van der Waals surface area contributed by atoms with Gasteiger partial charge in [-0.05, 0) is 30.2 Å². The number of carbonyl (C=O) groups is 1. The number of hydrogen-bond donors (Lipinski definition) is 1. The normalized spacial score (nSPS) is 11.9. The van der Waals surface area contributed by atoms with Crippen LogP contribution in [0.1, 0.15) is 19.4 Å². The number of para-hydroxylation sites is 1. The molecule has 110 valence electrons. The van der Waals surface area contributed by atoms with Gasteiger partial charge in [-0.25, -0.2) is 0 Å². The molecule has 0 spiro atoms. The SMILES string of the molecule is CCc1ccccc1NC(=O)C(C)CSc1ccccc1. The molecule has 0 saturated carbocycles. The Morgan fingerprint density at radius 2 is 1.76 bits per heavy atom. The maximum atomic E-state index is 12.3.